The molecule has 4 rings (SSSR count). The number of carbonyl (C=O) groups is 1. The second-order valence-corrected chi connectivity index (χ2v) is 7.66. The molecule has 0 radical (unpaired) electrons. The Morgan fingerprint density at radius 2 is 2.16 bits per heavy atom. The van der Waals surface area contributed by atoms with E-state index in [4.69, 9.17) is 0 Å². The number of nitrogens with one attached hydrogen (secondary N) is 2. The summed E-state index contributed by atoms with van der Waals surface area (Å²) in [6.45, 7) is 5.18. The maximum Gasteiger partial charge on any atom is 0.223 e. The molecule has 1 saturated heterocycles. The number of hydrogen-bond acceptors (Lipinski definition) is 7. The average molecular weight is 418 g/mol. The van der Waals surface area contributed by atoms with Crippen molar-refractivity contribution in [1.29, 1.82) is 5.26 Å². The lowest BCUT2D eigenvalue weighted by atomic mass is 10.2. The minimum atomic E-state index is 0.241. The van der Waals surface area contributed by atoms with E-state index in [0.717, 1.165) is 56.1 Å². The Labute approximate surface area is 182 Å². The summed E-state index contributed by atoms with van der Waals surface area (Å²) in [7, 11) is 0. The predicted molar refractivity (Wildman–Crippen MR) is 121 cm³/mol. The molecule has 31 heavy (non-hydrogen) atoms. The van der Waals surface area contributed by atoms with Gasteiger partial charge < -0.3 is 20.4 Å². The molecule has 2 aliphatic heterocycles. The lowest BCUT2D eigenvalue weighted by Crippen LogP contribution is -2.27. The van der Waals surface area contributed by atoms with Crippen LogP contribution in [0.5, 0.6) is 0 Å². The molecule has 0 bridgehead atoms. The SMILES string of the molecule is CCCN1C(=C(C#N)c2ccnc(NCCCN3CCCC3=O)n2)Nc2ccccc21. The van der Waals surface area contributed by atoms with Gasteiger partial charge in [0.1, 0.15) is 17.5 Å². The molecule has 0 aliphatic carbocycles. The number of amides is 1. The number of hydrogen-bond donors (Lipinski definition) is 2. The number of rotatable bonds is 8. The highest BCUT2D eigenvalue weighted by atomic mass is 16.2. The number of fused-ring (bicyclic) bond motifs is 1. The van der Waals surface area contributed by atoms with Gasteiger partial charge in [-0.25, -0.2) is 9.97 Å². The fourth-order valence-corrected chi connectivity index (χ4v) is 4.01. The Hall–Kier alpha value is -3.60. The Balaban J connectivity index is 1.49. The van der Waals surface area contributed by atoms with Gasteiger partial charge in [-0.3, -0.25) is 4.79 Å². The van der Waals surface area contributed by atoms with Gasteiger partial charge in [0.15, 0.2) is 0 Å². The highest BCUT2D eigenvalue weighted by Gasteiger charge is 2.27. The summed E-state index contributed by atoms with van der Waals surface area (Å²) >= 11 is 0. The molecule has 1 amide bonds. The Morgan fingerprint density at radius 3 is 2.94 bits per heavy atom. The molecule has 8 heteroatoms. The normalized spacial score (nSPS) is 16.7. The van der Waals surface area contributed by atoms with E-state index in [1.54, 1.807) is 12.3 Å². The van der Waals surface area contributed by atoms with Crippen molar-refractivity contribution in [1.82, 2.24) is 14.9 Å². The molecule has 1 aromatic carbocycles. The lowest BCUT2D eigenvalue weighted by molar-refractivity contribution is -0.127. The minimum Gasteiger partial charge on any atom is -0.354 e. The highest BCUT2D eigenvalue weighted by Crippen LogP contribution is 2.38. The van der Waals surface area contributed by atoms with Crippen molar-refractivity contribution in [2.45, 2.75) is 32.6 Å². The van der Waals surface area contributed by atoms with Gasteiger partial charge in [-0.1, -0.05) is 19.1 Å². The molecular formula is C23H27N7O. The fraction of sp³-hybridized carbons (Fsp3) is 0.391. The van der Waals surface area contributed by atoms with Crippen LogP contribution in [0.25, 0.3) is 5.57 Å². The van der Waals surface area contributed by atoms with Gasteiger partial charge in [0.2, 0.25) is 11.9 Å². The molecule has 2 N–H and O–H groups in total. The van der Waals surface area contributed by atoms with Crippen molar-refractivity contribution in [2.24, 2.45) is 0 Å². The number of anilines is 3. The molecule has 8 nitrogen and oxygen atoms in total. The summed E-state index contributed by atoms with van der Waals surface area (Å²) < 4.78 is 0. The summed E-state index contributed by atoms with van der Waals surface area (Å²) in [4.78, 5) is 24.6. The van der Waals surface area contributed by atoms with Crippen LogP contribution < -0.4 is 15.5 Å². The minimum absolute atomic E-state index is 0.241. The lowest BCUT2D eigenvalue weighted by Gasteiger charge is -2.20. The number of benzene rings is 1. The van der Waals surface area contributed by atoms with Crippen LogP contribution in [0.15, 0.2) is 42.3 Å². The average Bonchev–Trinajstić information content (AvgIpc) is 3.36. The first-order chi connectivity index (χ1) is 15.2. The van der Waals surface area contributed by atoms with Crippen molar-refractivity contribution in [2.75, 3.05) is 41.7 Å². The van der Waals surface area contributed by atoms with Gasteiger partial charge in [0, 0.05) is 38.8 Å². The number of nitrogens with zero attached hydrogens (tertiary/aromatic N) is 5. The largest absolute Gasteiger partial charge is 0.354 e. The molecule has 0 spiro atoms. The molecular weight excluding hydrogens is 390 g/mol. The quantitative estimate of drug-likeness (QED) is 0.502. The first-order valence-electron chi connectivity index (χ1n) is 10.8. The number of allylic oxidation sites excluding steroid dienone is 1. The van der Waals surface area contributed by atoms with Crippen molar-refractivity contribution in [3.63, 3.8) is 0 Å². The van der Waals surface area contributed by atoms with Crippen molar-refractivity contribution >= 4 is 28.8 Å². The molecule has 0 unspecified atom stereocenters. The van der Waals surface area contributed by atoms with Crippen LogP contribution >= 0.6 is 0 Å². The fourth-order valence-electron chi connectivity index (χ4n) is 4.01. The Kier molecular flexibility index (Phi) is 6.32. The Morgan fingerprint density at radius 1 is 1.29 bits per heavy atom. The predicted octanol–water partition coefficient (Wildman–Crippen LogP) is 3.44. The van der Waals surface area contributed by atoms with Crippen LogP contribution in [0.2, 0.25) is 0 Å². The monoisotopic (exact) mass is 417 g/mol. The summed E-state index contributed by atoms with van der Waals surface area (Å²) in [5.41, 5.74) is 3.11. The number of likely N-dealkylation sites (tertiary alicyclic amines) is 1. The number of para-hydroxylation sites is 2. The molecule has 2 aromatic rings. The second-order valence-electron chi connectivity index (χ2n) is 7.66. The maximum atomic E-state index is 11.7. The second kappa shape index (κ2) is 9.47. The van der Waals surface area contributed by atoms with Crippen LogP contribution in [0.1, 0.15) is 38.3 Å². The van der Waals surface area contributed by atoms with E-state index in [-0.39, 0.29) is 5.91 Å². The van der Waals surface area contributed by atoms with Crippen LogP contribution in [0.4, 0.5) is 17.3 Å². The third kappa shape index (κ3) is 4.45. The number of carbonyl (C=O) groups excluding carboxylic acids is 1. The van der Waals surface area contributed by atoms with E-state index in [1.165, 1.54) is 0 Å². The van der Waals surface area contributed by atoms with Gasteiger partial charge in [-0.15, -0.1) is 0 Å². The van der Waals surface area contributed by atoms with Gasteiger partial charge in [-0.2, -0.15) is 5.26 Å². The van der Waals surface area contributed by atoms with E-state index in [2.05, 4.69) is 44.6 Å². The first kappa shape index (κ1) is 20.7. The Bertz CT molecular complexity index is 1030. The zero-order chi connectivity index (χ0) is 21.6. The zero-order valence-corrected chi connectivity index (χ0v) is 17.8. The third-order valence-corrected chi connectivity index (χ3v) is 5.48. The van der Waals surface area contributed by atoms with Gasteiger partial charge >= 0.3 is 0 Å². The van der Waals surface area contributed by atoms with Gasteiger partial charge in [0.25, 0.3) is 0 Å². The topological polar surface area (TPSA) is 97.2 Å². The molecule has 0 atom stereocenters. The van der Waals surface area contributed by atoms with Crippen LogP contribution in [0, 0.1) is 11.3 Å². The summed E-state index contributed by atoms with van der Waals surface area (Å²) in [6.07, 6.45) is 5.06. The smallest absolute Gasteiger partial charge is 0.223 e. The zero-order valence-electron chi connectivity index (χ0n) is 17.8. The molecule has 1 aromatic heterocycles. The highest BCUT2D eigenvalue weighted by molar-refractivity contribution is 5.90. The van der Waals surface area contributed by atoms with E-state index in [1.807, 2.05) is 23.1 Å². The summed E-state index contributed by atoms with van der Waals surface area (Å²) in [6, 6.07) is 12.1. The molecule has 160 valence electrons. The van der Waals surface area contributed by atoms with E-state index in [9.17, 15) is 10.1 Å². The molecule has 0 saturated carbocycles. The van der Waals surface area contributed by atoms with E-state index >= 15 is 0 Å². The third-order valence-electron chi connectivity index (χ3n) is 5.48. The van der Waals surface area contributed by atoms with Crippen molar-refractivity contribution < 1.29 is 4.79 Å². The maximum absolute atomic E-state index is 11.7. The van der Waals surface area contributed by atoms with Crippen LogP contribution in [0.3, 0.4) is 0 Å². The number of nitriles is 1. The summed E-state index contributed by atoms with van der Waals surface area (Å²) in [5, 5.41) is 16.6. The number of aromatic nitrogens is 2. The van der Waals surface area contributed by atoms with Gasteiger partial charge in [-0.05, 0) is 37.5 Å². The standard InChI is InChI=1S/C23H27N7O/c1-2-13-30-20-8-4-3-7-19(20)27-22(30)17(16-24)18-10-12-26-23(28-18)25-11-6-15-29-14-5-9-21(29)31/h3-4,7-8,10,12,27H,2,5-6,9,11,13-15H2,1H3,(H,25,26,28). The first-order valence-corrected chi connectivity index (χ1v) is 10.8. The van der Waals surface area contributed by atoms with Crippen molar-refractivity contribution in [3.8, 4) is 6.07 Å². The molecule has 1 fully saturated rings. The summed E-state index contributed by atoms with van der Waals surface area (Å²) in [5.74, 6) is 1.48. The van der Waals surface area contributed by atoms with Crippen LogP contribution in [-0.2, 0) is 4.79 Å². The van der Waals surface area contributed by atoms with E-state index < -0.39 is 0 Å². The molecule has 3 heterocycles. The van der Waals surface area contributed by atoms with Crippen molar-refractivity contribution in [3.05, 3.63) is 48.0 Å². The van der Waals surface area contributed by atoms with E-state index in [0.29, 0.717) is 30.2 Å². The van der Waals surface area contributed by atoms with Crippen LogP contribution in [-0.4, -0.2) is 47.0 Å². The molecule has 2 aliphatic rings. The van der Waals surface area contributed by atoms with Gasteiger partial charge in [0.05, 0.1) is 17.1 Å².